The van der Waals surface area contributed by atoms with E-state index in [1.165, 1.54) is 6.07 Å². The highest BCUT2D eigenvalue weighted by Gasteiger charge is 2.11. The van der Waals surface area contributed by atoms with Crippen LogP contribution in [0.25, 0.3) is 10.9 Å². The summed E-state index contributed by atoms with van der Waals surface area (Å²) in [6, 6.07) is 6.43. The molecule has 0 amide bonds. The number of hydrogen-bond acceptors (Lipinski definition) is 3. The highest BCUT2D eigenvalue weighted by Crippen LogP contribution is 2.15. The molecule has 2 aromatic heterocycles. The molecule has 0 radical (unpaired) electrons. The molecule has 1 aromatic carbocycles. The number of nitrogens with one attached hydrogen (secondary N) is 1. The molecule has 0 saturated heterocycles. The van der Waals surface area contributed by atoms with E-state index in [4.69, 9.17) is 0 Å². The third-order valence-corrected chi connectivity index (χ3v) is 4.30. The van der Waals surface area contributed by atoms with Crippen LogP contribution in [-0.4, -0.2) is 26.2 Å². The number of aromatic nitrogens is 3. The molecule has 2 heterocycles. The monoisotopic (exact) mass is 342 g/mol. The zero-order valence-corrected chi connectivity index (χ0v) is 14.8. The van der Waals surface area contributed by atoms with Crippen LogP contribution in [0.3, 0.4) is 0 Å². The summed E-state index contributed by atoms with van der Waals surface area (Å²) < 4.78 is 15.9. The minimum absolute atomic E-state index is 0.160. The number of fused-ring (bicyclic) bond motifs is 1. The lowest BCUT2D eigenvalue weighted by atomic mass is 10.2. The summed E-state index contributed by atoms with van der Waals surface area (Å²) in [5.41, 5.74) is 1.94. The first kappa shape index (κ1) is 17.4. The van der Waals surface area contributed by atoms with E-state index in [1.54, 1.807) is 18.2 Å². The van der Waals surface area contributed by atoms with E-state index in [-0.39, 0.29) is 10.9 Å². The fraction of sp³-hybridized carbons (Fsp3) is 0.368. The van der Waals surface area contributed by atoms with Crippen LogP contribution in [0.1, 0.15) is 38.1 Å². The summed E-state index contributed by atoms with van der Waals surface area (Å²) >= 11 is 0. The molecule has 0 bridgehead atoms. The van der Waals surface area contributed by atoms with Gasteiger partial charge in [-0.2, -0.15) is 5.10 Å². The van der Waals surface area contributed by atoms with Crippen LogP contribution in [0.5, 0.6) is 0 Å². The number of nitrogens with zero attached hydrogens (tertiary/aromatic N) is 3. The van der Waals surface area contributed by atoms with Gasteiger partial charge in [0, 0.05) is 48.0 Å². The van der Waals surface area contributed by atoms with Gasteiger partial charge in [-0.3, -0.25) is 14.4 Å². The Morgan fingerprint density at radius 2 is 2.12 bits per heavy atom. The van der Waals surface area contributed by atoms with Gasteiger partial charge in [-0.05, 0) is 32.5 Å². The van der Waals surface area contributed by atoms with Crippen molar-refractivity contribution in [1.82, 2.24) is 19.7 Å². The van der Waals surface area contributed by atoms with Crippen LogP contribution in [0.2, 0.25) is 0 Å². The first-order valence-corrected chi connectivity index (χ1v) is 8.53. The number of halogens is 1. The molecule has 0 fully saturated rings. The van der Waals surface area contributed by atoms with Crippen LogP contribution in [0, 0.1) is 5.82 Å². The van der Waals surface area contributed by atoms with E-state index in [0.29, 0.717) is 23.7 Å². The topological polar surface area (TPSA) is 53.9 Å². The highest BCUT2D eigenvalue weighted by molar-refractivity contribution is 5.78. The molecule has 0 aliphatic heterocycles. The Kier molecular flexibility index (Phi) is 4.99. The van der Waals surface area contributed by atoms with E-state index in [0.717, 1.165) is 18.7 Å². The number of pyridine rings is 1. The zero-order valence-electron chi connectivity index (χ0n) is 14.8. The summed E-state index contributed by atoms with van der Waals surface area (Å²) in [5, 5.41) is 4.74. The summed E-state index contributed by atoms with van der Waals surface area (Å²) in [7, 11) is 0. The average molecular weight is 342 g/mol. The molecule has 1 N–H and O–H groups in total. The predicted octanol–water partition coefficient (Wildman–Crippen LogP) is 3.47. The average Bonchev–Trinajstić information content (AvgIpc) is 3.04. The van der Waals surface area contributed by atoms with Gasteiger partial charge in [0.25, 0.3) is 0 Å². The van der Waals surface area contributed by atoms with Gasteiger partial charge in [-0.1, -0.05) is 13.0 Å². The van der Waals surface area contributed by atoms with E-state index < -0.39 is 5.82 Å². The number of hydrogen-bond donors (Lipinski definition) is 1. The van der Waals surface area contributed by atoms with Crippen LogP contribution in [0.15, 0.2) is 41.5 Å². The van der Waals surface area contributed by atoms with Crippen molar-refractivity contribution in [2.24, 2.45) is 0 Å². The second-order valence-corrected chi connectivity index (χ2v) is 6.55. The normalized spacial score (nSPS) is 11.8. The molecule has 0 aliphatic rings. The number of rotatable bonds is 6. The third kappa shape index (κ3) is 3.79. The largest absolute Gasteiger partial charge is 0.355 e. The molecular formula is C19H23FN4O. The molecule has 3 aromatic rings. The van der Waals surface area contributed by atoms with Crippen molar-refractivity contribution in [3.63, 3.8) is 0 Å². The first-order chi connectivity index (χ1) is 12.0. The van der Waals surface area contributed by atoms with Crippen molar-refractivity contribution in [2.45, 2.75) is 39.9 Å². The number of para-hydroxylation sites is 1. The smallest absolute Gasteiger partial charge is 0.189 e. The standard InChI is InChI=1S/C19H23FN4O/c1-4-23(10-14-9-21-24(11-14)13(2)3)12-15-8-18(25)16-6-5-7-17(20)19(16)22-15/h5-9,11,13H,4,10,12H2,1-3H3,(H,22,25). The van der Waals surface area contributed by atoms with Gasteiger partial charge >= 0.3 is 0 Å². The van der Waals surface area contributed by atoms with Crippen LogP contribution in [-0.2, 0) is 13.1 Å². The number of aromatic amines is 1. The summed E-state index contributed by atoms with van der Waals surface area (Å²) in [6.07, 6.45) is 3.90. The second kappa shape index (κ2) is 7.19. The fourth-order valence-electron chi connectivity index (χ4n) is 2.89. The van der Waals surface area contributed by atoms with Crippen molar-refractivity contribution in [1.29, 1.82) is 0 Å². The van der Waals surface area contributed by atoms with E-state index >= 15 is 0 Å². The molecule has 0 saturated carbocycles. The maximum Gasteiger partial charge on any atom is 0.189 e. The molecule has 0 atom stereocenters. The van der Waals surface area contributed by atoms with E-state index in [1.807, 2.05) is 17.1 Å². The molecule has 6 heteroatoms. The first-order valence-electron chi connectivity index (χ1n) is 8.53. The minimum Gasteiger partial charge on any atom is -0.355 e. The van der Waals surface area contributed by atoms with Crippen molar-refractivity contribution < 1.29 is 4.39 Å². The molecule has 132 valence electrons. The fourth-order valence-corrected chi connectivity index (χ4v) is 2.89. The van der Waals surface area contributed by atoms with Gasteiger partial charge in [0.15, 0.2) is 5.43 Å². The lowest BCUT2D eigenvalue weighted by molar-refractivity contribution is 0.268. The zero-order chi connectivity index (χ0) is 18.0. The lowest BCUT2D eigenvalue weighted by Gasteiger charge is -2.19. The van der Waals surface area contributed by atoms with Crippen LogP contribution < -0.4 is 5.43 Å². The Bertz CT molecular complexity index is 929. The Morgan fingerprint density at radius 3 is 2.80 bits per heavy atom. The van der Waals surface area contributed by atoms with Crippen molar-refractivity contribution >= 4 is 10.9 Å². The molecule has 3 rings (SSSR count). The Labute approximate surface area is 146 Å². The summed E-state index contributed by atoms with van der Waals surface area (Å²) in [4.78, 5) is 17.5. The SMILES string of the molecule is CCN(Cc1cnn(C(C)C)c1)Cc1cc(=O)c2cccc(F)c2[nH]1. The van der Waals surface area contributed by atoms with Crippen molar-refractivity contribution in [3.05, 3.63) is 64.0 Å². The highest BCUT2D eigenvalue weighted by atomic mass is 19.1. The lowest BCUT2D eigenvalue weighted by Crippen LogP contribution is -2.23. The quantitative estimate of drug-likeness (QED) is 0.746. The van der Waals surface area contributed by atoms with Crippen molar-refractivity contribution in [3.8, 4) is 0 Å². The molecule has 0 spiro atoms. The van der Waals surface area contributed by atoms with Gasteiger partial charge in [0.2, 0.25) is 0 Å². The minimum atomic E-state index is -0.405. The van der Waals surface area contributed by atoms with Gasteiger partial charge < -0.3 is 4.98 Å². The number of H-pyrrole nitrogens is 1. The summed E-state index contributed by atoms with van der Waals surface area (Å²) in [6.45, 7) is 8.31. The molecular weight excluding hydrogens is 319 g/mol. The molecule has 0 unspecified atom stereocenters. The maximum absolute atomic E-state index is 14.0. The Morgan fingerprint density at radius 1 is 1.32 bits per heavy atom. The molecule has 25 heavy (non-hydrogen) atoms. The van der Waals surface area contributed by atoms with E-state index in [2.05, 4.69) is 35.8 Å². The maximum atomic E-state index is 14.0. The van der Waals surface area contributed by atoms with Gasteiger partial charge in [-0.25, -0.2) is 4.39 Å². The van der Waals surface area contributed by atoms with Crippen LogP contribution >= 0.6 is 0 Å². The van der Waals surface area contributed by atoms with E-state index in [9.17, 15) is 9.18 Å². The summed E-state index contributed by atoms with van der Waals surface area (Å²) in [5.74, 6) is -0.405. The van der Waals surface area contributed by atoms with Gasteiger partial charge in [-0.15, -0.1) is 0 Å². The van der Waals surface area contributed by atoms with Crippen LogP contribution in [0.4, 0.5) is 4.39 Å². The Balaban J connectivity index is 1.82. The van der Waals surface area contributed by atoms with Gasteiger partial charge in [0.05, 0.1) is 11.7 Å². The van der Waals surface area contributed by atoms with Gasteiger partial charge in [0.1, 0.15) is 5.82 Å². The second-order valence-electron chi connectivity index (χ2n) is 6.55. The number of benzene rings is 1. The predicted molar refractivity (Wildman–Crippen MR) is 96.9 cm³/mol. The molecule has 0 aliphatic carbocycles. The Hall–Kier alpha value is -2.47. The molecule has 5 nitrogen and oxygen atoms in total. The van der Waals surface area contributed by atoms with Crippen molar-refractivity contribution in [2.75, 3.05) is 6.54 Å². The third-order valence-electron chi connectivity index (χ3n) is 4.30.